The minimum Gasteiger partial charge on any atom is -0.457 e. The van der Waals surface area contributed by atoms with E-state index in [1.165, 1.54) is 30.3 Å². The van der Waals surface area contributed by atoms with E-state index in [0.29, 0.717) is 36.0 Å². The molecule has 1 fully saturated rings. The number of anilines is 1. The van der Waals surface area contributed by atoms with E-state index < -0.39 is 17.9 Å². The van der Waals surface area contributed by atoms with Crippen molar-refractivity contribution in [1.29, 1.82) is 0 Å². The van der Waals surface area contributed by atoms with E-state index in [9.17, 15) is 14.0 Å². The molecule has 2 heterocycles. The monoisotopic (exact) mass is 437 g/mol. The van der Waals surface area contributed by atoms with Crippen LogP contribution < -0.4 is 21.1 Å². The molecule has 164 valence electrons. The first-order valence-corrected chi connectivity index (χ1v) is 9.77. The Labute approximate surface area is 182 Å². The maximum Gasteiger partial charge on any atom is 0.267 e. The lowest BCUT2D eigenvalue weighted by atomic mass is 10.1. The van der Waals surface area contributed by atoms with Gasteiger partial charge in [0.25, 0.3) is 5.91 Å². The number of amides is 2. The Morgan fingerprint density at radius 2 is 1.69 bits per heavy atom. The summed E-state index contributed by atoms with van der Waals surface area (Å²) in [5.41, 5.74) is 11.6. The molecule has 2 aromatic carbocycles. The fraction of sp³-hybridized carbons (Fsp3) is 0.182. The molecule has 0 aliphatic carbocycles. The molecule has 32 heavy (non-hydrogen) atoms. The molecule has 4 N–H and O–H groups in total. The Morgan fingerprint density at radius 1 is 1.03 bits per heavy atom. The van der Waals surface area contributed by atoms with Crippen molar-refractivity contribution < 1.29 is 23.5 Å². The number of primary amides is 2. The largest absolute Gasteiger partial charge is 0.457 e. The summed E-state index contributed by atoms with van der Waals surface area (Å²) in [6.45, 7) is 0.868. The molecule has 0 bridgehead atoms. The van der Waals surface area contributed by atoms with Crippen molar-refractivity contribution in [2.45, 2.75) is 6.04 Å². The van der Waals surface area contributed by atoms with Gasteiger partial charge in [-0.1, -0.05) is 0 Å². The molecule has 1 aliphatic heterocycles. The molecular weight excluding hydrogens is 417 g/mol. The average molecular weight is 437 g/mol. The Kier molecular flexibility index (Phi) is 5.95. The van der Waals surface area contributed by atoms with Gasteiger partial charge in [-0.05, 0) is 48.5 Å². The second-order valence-electron chi connectivity index (χ2n) is 7.07. The lowest BCUT2D eigenvalue weighted by molar-refractivity contribution is -0.121. The normalized spacial score (nSPS) is 15.9. The summed E-state index contributed by atoms with van der Waals surface area (Å²) in [4.78, 5) is 34.2. The zero-order chi connectivity index (χ0) is 22.7. The predicted octanol–water partition coefficient (Wildman–Crippen LogP) is 1.86. The molecule has 1 aliphatic rings. The molecule has 1 aromatic heterocycles. The van der Waals surface area contributed by atoms with Crippen LogP contribution in [0.1, 0.15) is 10.5 Å². The number of ether oxygens (including phenoxy) is 2. The lowest BCUT2D eigenvalue weighted by Gasteiger charge is -2.34. The topological polar surface area (TPSA) is 134 Å². The van der Waals surface area contributed by atoms with Crippen molar-refractivity contribution in [2.75, 3.05) is 24.7 Å². The van der Waals surface area contributed by atoms with Crippen LogP contribution in [0.4, 0.5) is 10.2 Å². The molecule has 0 saturated carbocycles. The van der Waals surface area contributed by atoms with Crippen molar-refractivity contribution in [1.82, 2.24) is 9.97 Å². The Bertz CT molecular complexity index is 1140. The highest BCUT2D eigenvalue weighted by Gasteiger charge is 2.29. The van der Waals surface area contributed by atoms with Gasteiger partial charge in [0.15, 0.2) is 5.82 Å². The third-order valence-electron chi connectivity index (χ3n) is 4.88. The summed E-state index contributed by atoms with van der Waals surface area (Å²) in [6.07, 6.45) is 0. The van der Waals surface area contributed by atoms with E-state index in [1.54, 1.807) is 29.2 Å². The Hall–Kier alpha value is -4.05. The van der Waals surface area contributed by atoms with Gasteiger partial charge in [0, 0.05) is 18.2 Å². The maximum atomic E-state index is 13.1. The fourth-order valence-corrected chi connectivity index (χ4v) is 3.26. The number of halogens is 1. The van der Waals surface area contributed by atoms with Crippen LogP contribution in [0.25, 0.3) is 11.4 Å². The van der Waals surface area contributed by atoms with Crippen LogP contribution in [0.5, 0.6) is 11.5 Å². The predicted molar refractivity (Wildman–Crippen MR) is 114 cm³/mol. The van der Waals surface area contributed by atoms with Gasteiger partial charge in [-0.15, -0.1) is 0 Å². The van der Waals surface area contributed by atoms with E-state index >= 15 is 0 Å². The van der Waals surface area contributed by atoms with Crippen LogP contribution >= 0.6 is 0 Å². The minimum atomic E-state index is -0.727. The van der Waals surface area contributed by atoms with Crippen molar-refractivity contribution in [2.24, 2.45) is 11.5 Å². The second kappa shape index (κ2) is 8.98. The molecule has 3 aromatic rings. The molecule has 1 unspecified atom stereocenters. The van der Waals surface area contributed by atoms with Gasteiger partial charge in [0.1, 0.15) is 34.9 Å². The van der Waals surface area contributed by atoms with E-state index in [2.05, 4.69) is 9.97 Å². The summed E-state index contributed by atoms with van der Waals surface area (Å²) in [5, 5.41) is 0. The molecular formula is C22H20FN5O4. The molecule has 1 atom stereocenters. The van der Waals surface area contributed by atoms with Crippen LogP contribution in [0, 0.1) is 5.82 Å². The minimum absolute atomic E-state index is 0.00588. The summed E-state index contributed by atoms with van der Waals surface area (Å²) in [5.74, 6) is -0.0367. The lowest BCUT2D eigenvalue weighted by Crippen LogP contribution is -2.53. The third kappa shape index (κ3) is 4.65. The number of morpholine rings is 1. The van der Waals surface area contributed by atoms with Crippen molar-refractivity contribution >= 4 is 17.6 Å². The number of hydrogen-bond donors (Lipinski definition) is 2. The molecule has 10 heteroatoms. The number of hydrogen-bond acceptors (Lipinski definition) is 7. The summed E-state index contributed by atoms with van der Waals surface area (Å²) in [6, 6.07) is 13.2. The van der Waals surface area contributed by atoms with Crippen LogP contribution in [0.3, 0.4) is 0 Å². The standard InChI is InChI=1S/C22H20FN5O4/c23-14-3-7-16(8-4-14)32-15-5-1-13(2-6-15)22-26-17(20(24)29)11-19(27-22)28-9-10-31-12-18(28)21(25)30/h1-8,11,18H,9-10,12H2,(H2,24,29)(H2,25,30). The van der Waals surface area contributed by atoms with Gasteiger partial charge in [-0.2, -0.15) is 0 Å². The first kappa shape index (κ1) is 21.2. The average Bonchev–Trinajstić information content (AvgIpc) is 2.80. The number of nitrogens with two attached hydrogens (primary N) is 2. The molecule has 0 radical (unpaired) electrons. The maximum absolute atomic E-state index is 13.1. The van der Waals surface area contributed by atoms with Gasteiger partial charge in [-0.25, -0.2) is 14.4 Å². The summed E-state index contributed by atoms with van der Waals surface area (Å²) >= 11 is 0. The SMILES string of the molecule is NC(=O)c1cc(N2CCOCC2C(N)=O)nc(-c2ccc(Oc3ccc(F)cc3)cc2)n1. The van der Waals surface area contributed by atoms with Crippen LogP contribution in [-0.2, 0) is 9.53 Å². The van der Waals surface area contributed by atoms with Gasteiger partial charge in [0.2, 0.25) is 5.91 Å². The summed E-state index contributed by atoms with van der Waals surface area (Å²) < 4.78 is 24.1. The second-order valence-corrected chi connectivity index (χ2v) is 7.07. The molecule has 1 saturated heterocycles. The first-order valence-electron chi connectivity index (χ1n) is 9.77. The number of aromatic nitrogens is 2. The molecule has 4 rings (SSSR count). The van der Waals surface area contributed by atoms with Crippen LogP contribution in [0.2, 0.25) is 0 Å². The molecule has 0 spiro atoms. The highest BCUT2D eigenvalue weighted by Crippen LogP contribution is 2.27. The zero-order valence-corrected chi connectivity index (χ0v) is 16.9. The highest BCUT2D eigenvalue weighted by atomic mass is 19.1. The number of benzene rings is 2. The van der Waals surface area contributed by atoms with E-state index in [4.69, 9.17) is 20.9 Å². The smallest absolute Gasteiger partial charge is 0.267 e. The van der Waals surface area contributed by atoms with Crippen molar-refractivity contribution in [3.63, 3.8) is 0 Å². The van der Waals surface area contributed by atoms with E-state index in [-0.39, 0.29) is 23.9 Å². The first-order chi connectivity index (χ1) is 15.4. The number of carbonyl (C=O) groups excluding carboxylic acids is 2. The Morgan fingerprint density at radius 3 is 2.31 bits per heavy atom. The van der Waals surface area contributed by atoms with Gasteiger partial charge in [0.05, 0.1) is 13.2 Å². The molecule has 2 amide bonds. The highest BCUT2D eigenvalue weighted by molar-refractivity contribution is 5.92. The van der Waals surface area contributed by atoms with Crippen LogP contribution in [0.15, 0.2) is 54.6 Å². The van der Waals surface area contributed by atoms with Gasteiger partial charge < -0.3 is 25.8 Å². The van der Waals surface area contributed by atoms with Gasteiger partial charge in [-0.3, -0.25) is 9.59 Å². The van der Waals surface area contributed by atoms with Crippen molar-refractivity contribution in [3.05, 3.63) is 66.1 Å². The van der Waals surface area contributed by atoms with E-state index in [1.807, 2.05) is 0 Å². The summed E-state index contributed by atoms with van der Waals surface area (Å²) in [7, 11) is 0. The Balaban J connectivity index is 1.64. The number of nitrogens with zero attached hydrogens (tertiary/aromatic N) is 3. The quantitative estimate of drug-likeness (QED) is 0.601. The van der Waals surface area contributed by atoms with Crippen LogP contribution in [-0.4, -0.2) is 47.6 Å². The van der Waals surface area contributed by atoms with E-state index in [0.717, 1.165) is 0 Å². The fourth-order valence-electron chi connectivity index (χ4n) is 3.26. The number of rotatable bonds is 6. The zero-order valence-electron chi connectivity index (χ0n) is 16.9. The number of carbonyl (C=O) groups is 2. The van der Waals surface area contributed by atoms with Crippen molar-refractivity contribution in [3.8, 4) is 22.9 Å². The molecule has 9 nitrogen and oxygen atoms in total. The third-order valence-corrected chi connectivity index (χ3v) is 4.88. The van der Waals surface area contributed by atoms with Gasteiger partial charge >= 0.3 is 0 Å².